The summed E-state index contributed by atoms with van der Waals surface area (Å²) in [6.45, 7) is 3.71. The molecular formula is C13H13N3O2S2. The molecule has 3 rings (SSSR count). The third kappa shape index (κ3) is 2.19. The number of aromatic amines is 1. The zero-order chi connectivity index (χ0) is 14.3. The predicted molar refractivity (Wildman–Crippen MR) is 80.7 cm³/mol. The number of fused-ring (bicyclic) bond motifs is 1. The number of hydrogen-bond donors (Lipinski definition) is 2. The Hall–Kier alpha value is -1.86. The maximum Gasteiger partial charge on any atom is 0.263 e. The topological polar surface area (TPSA) is 74.8 Å². The SMILES string of the molecule is Cc1cc(S(=O)(=O)Nc2cccc3[nH]ncc23)c(C)s1. The van der Waals surface area contributed by atoms with Crippen molar-refractivity contribution < 1.29 is 8.42 Å². The van der Waals surface area contributed by atoms with Gasteiger partial charge in [-0.3, -0.25) is 9.82 Å². The van der Waals surface area contributed by atoms with Crippen LogP contribution in [0.15, 0.2) is 35.4 Å². The summed E-state index contributed by atoms with van der Waals surface area (Å²) in [6.07, 6.45) is 1.61. The molecule has 0 amide bonds. The van der Waals surface area contributed by atoms with Crippen molar-refractivity contribution in [1.82, 2.24) is 10.2 Å². The quantitative estimate of drug-likeness (QED) is 0.781. The molecule has 7 heteroatoms. The van der Waals surface area contributed by atoms with Gasteiger partial charge in [0.05, 0.1) is 17.4 Å². The Morgan fingerprint density at radius 1 is 1.30 bits per heavy atom. The first-order valence-corrected chi connectivity index (χ1v) is 8.29. The van der Waals surface area contributed by atoms with E-state index in [0.717, 1.165) is 20.7 Å². The highest BCUT2D eigenvalue weighted by molar-refractivity contribution is 7.93. The summed E-state index contributed by atoms with van der Waals surface area (Å²) in [5, 5.41) is 7.50. The second kappa shape index (κ2) is 4.60. The number of aryl methyl sites for hydroxylation is 2. The summed E-state index contributed by atoms with van der Waals surface area (Å²) in [7, 11) is -3.57. The van der Waals surface area contributed by atoms with Gasteiger partial charge in [-0.25, -0.2) is 8.42 Å². The number of nitrogens with zero attached hydrogens (tertiary/aromatic N) is 1. The monoisotopic (exact) mass is 307 g/mol. The fourth-order valence-corrected chi connectivity index (χ4v) is 4.77. The lowest BCUT2D eigenvalue weighted by atomic mass is 10.2. The largest absolute Gasteiger partial charge is 0.279 e. The van der Waals surface area contributed by atoms with Crippen molar-refractivity contribution >= 4 is 38.0 Å². The number of hydrogen-bond acceptors (Lipinski definition) is 4. The molecule has 0 aliphatic heterocycles. The first kappa shape index (κ1) is 13.1. The van der Waals surface area contributed by atoms with Crippen LogP contribution in [0.3, 0.4) is 0 Å². The van der Waals surface area contributed by atoms with Crippen LogP contribution in [0.1, 0.15) is 9.75 Å². The van der Waals surface area contributed by atoms with E-state index in [1.165, 1.54) is 11.3 Å². The molecule has 0 saturated heterocycles. The van der Waals surface area contributed by atoms with E-state index in [1.807, 2.05) is 19.9 Å². The van der Waals surface area contributed by atoms with E-state index in [4.69, 9.17) is 0 Å². The Labute approximate surface area is 120 Å². The zero-order valence-corrected chi connectivity index (χ0v) is 12.6. The summed E-state index contributed by atoms with van der Waals surface area (Å²) >= 11 is 1.47. The molecule has 0 fully saturated rings. The van der Waals surface area contributed by atoms with Gasteiger partial charge in [-0.05, 0) is 32.0 Å². The van der Waals surface area contributed by atoms with Gasteiger partial charge in [0, 0.05) is 15.1 Å². The van der Waals surface area contributed by atoms with Crippen LogP contribution in [-0.4, -0.2) is 18.6 Å². The standard InChI is InChI=1S/C13H13N3O2S2/c1-8-6-13(9(2)19-8)20(17,18)16-12-5-3-4-11-10(12)7-14-15-11/h3-7,16H,1-2H3,(H,14,15). The molecule has 0 saturated carbocycles. The molecule has 0 bridgehead atoms. The average Bonchev–Trinajstić information content (AvgIpc) is 2.96. The lowest BCUT2D eigenvalue weighted by Crippen LogP contribution is -2.13. The highest BCUT2D eigenvalue weighted by atomic mass is 32.2. The highest BCUT2D eigenvalue weighted by Gasteiger charge is 2.20. The Kier molecular flexibility index (Phi) is 3.02. The summed E-state index contributed by atoms with van der Waals surface area (Å²) < 4.78 is 27.6. The van der Waals surface area contributed by atoms with E-state index in [2.05, 4.69) is 14.9 Å². The van der Waals surface area contributed by atoms with E-state index in [0.29, 0.717) is 10.6 Å². The minimum absolute atomic E-state index is 0.334. The molecule has 0 aliphatic rings. The molecule has 3 aromatic rings. The van der Waals surface area contributed by atoms with E-state index in [1.54, 1.807) is 24.4 Å². The Bertz CT molecular complexity index is 878. The molecule has 0 spiro atoms. The lowest BCUT2D eigenvalue weighted by Gasteiger charge is -2.08. The summed E-state index contributed by atoms with van der Waals surface area (Å²) in [5.74, 6) is 0. The number of rotatable bonds is 3. The second-order valence-electron chi connectivity index (χ2n) is 4.52. The van der Waals surface area contributed by atoms with Crippen LogP contribution < -0.4 is 4.72 Å². The molecule has 0 unspecified atom stereocenters. The van der Waals surface area contributed by atoms with Crippen LogP contribution in [0.5, 0.6) is 0 Å². The fraction of sp³-hybridized carbons (Fsp3) is 0.154. The Morgan fingerprint density at radius 3 is 2.80 bits per heavy atom. The van der Waals surface area contributed by atoms with Crippen molar-refractivity contribution in [3.8, 4) is 0 Å². The first-order valence-electron chi connectivity index (χ1n) is 5.99. The lowest BCUT2D eigenvalue weighted by molar-refractivity contribution is 0.601. The van der Waals surface area contributed by atoms with E-state index in [-0.39, 0.29) is 0 Å². The van der Waals surface area contributed by atoms with Gasteiger partial charge in [0.1, 0.15) is 4.90 Å². The van der Waals surface area contributed by atoms with Crippen molar-refractivity contribution in [3.63, 3.8) is 0 Å². The molecule has 5 nitrogen and oxygen atoms in total. The number of H-pyrrole nitrogens is 1. The van der Waals surface area contributed by atoms with Crippen molar-refractivity contribution in [2.75, 3.05) is 4.72 Å². The number of anilines is 1. The number of nitrogens with one attached hydrogen (secondary N) is 2. The van der Waals surface area contributed by atoms with Crippen LogP contribution in [0, 0.1) is 13.8 Å². The molecule has 0 aliphatic carbocycles. The van der Waals surface area contributed by atoms with Crippen LogP contribution in [0.2, 0.25) is 0 Å². The van der Waals surface area contributed by atoms with Crippen LogP contribution >= 0.6 is 11.3 Å². The van der Waals surface area contributed by atoms with Crippen LogP contribution in [-0.2, 0) is 10.0 Å². The van der Waals surface area contributed by atoms with Crippen molar-refractivity contribution in [2.45, 2.75) is 18.7 Å². The molecule has 20 heavy (non-hydrogen) atoms. The highest BCUT2D eigenvalue weighted by Crippen LogP contribution is 2.29. The molecule has 1 aromatic carbocycles. The zero-order valence-electron chi connectivity index (χ0n) is 11.0. The van der Waals surface area contributed by atoms with Crippen molar-refractivity contribution in [3.05, 3.63) is 40.2 Å². The number of thiophene rings is 1. The molecule has 2 N–H and O–H groups in total. The second-order valence-corrected chi connectivity index (χ2v) is 7.63. The van der Waals surface area contributed by atoms with Gasteiger partial charge in [0.25, 0.3) is 10.0 Å². The van der Waals surface area contributed by atoms with E-state index >= 15 is 0 Å². The number of sulfonamides is 1. The maximum absolute atomic E-state index is 12.5. The minimum atomic E-state index is -3.57. The average molecular weight is 307 g/mol. The summed E-state index contributed by atoms with van der Waals surface area (Å²) in [5.41, 5.74) is 1.32. The van der Waals surface area contributed by atoms with Gasteiger partial charge in [-0.2, -0.15) is 5.10 Å². The molecule has 2 aromatic heterocycles. The smallest absolute Gasteiger partial charge is 0.263 e. The third-order valence-corrected chi connectivity index (χ3v) is 5.60. The predicted octanol–water partition coefficient (Wildman–Crippen LogP) is 3.04. The molecule has 104 valence electrons. The van der Waals surface area contributed by atoms with Gasteiger partial charge in [-0.1, -0.05) is 6.07 Å². The van der Waals surface area contributed by atoms with Crippen molar-refractivity contribution in [1.29, 1.82) is 0 Å². The fourth-order valence-electron chi connectivity index (χ4n) is 2.13. The van der Waals surface area contributed by atoms with Crippen LogP contribution in [0.4, 0.5) is 5.69 Å². The third-order valence-electron chi connectivity index (χ3n) is 3.01. The summed E-state index contributed by atoms with van der Waals surface area (Å²) in [4.78, 5) is 2.10. The molecule has 2 heterocycles. The van der Waals surface area contributed by atoms with Crippen molar-refractivity contribution in [2.24, 2.45) is 0 Å². The van der Waals surface area contributed by atoms with Gasteiger partial charge < -0.3 is 0 Å². The maximum atomic E-state index is 12.5. The summed E-state index contributed by atoms with van der Waals surface area (Å²) in [6, 6.07) is 7.05. The van der Waals surface area contributed by atoms with Crippen LogP contribution in [0.25, 0.3) is 10.9 Å². The number of aromatic nitrogens is 2. The van der Waals surface area contributed by atoms with E-state index in [9.17, 15) is 8.42 Å². The van der Waals surface area contributed by atoms with Gasteiger partial charge in [0.2, 0.25) is 0 Å². The molecule has 0 radical (unpaired) electrons. The minimum Gasteiger partial charge on any atom is -0.279 e. The number of benzene rings is 1. The first-order chi connectivity index (χ1) is 9.47. The molecule has 0 atom stereocenters. The normalized spacial score (nSPS) is 11.9. The van der Waals surface area contributed by atoms with Gasteiger partial charge in [-0.15, -0.1) is 11.3 Å². The van der Waals surface area contributed by atoms with Gasteiger partial charge in [0.15, 0.2) is 0 Å². The Morgan fingerprint density at radius 2 is 2.10 bits per heavy atom. The van der Waals surface area contributed by atoms with Gasteiger partial charge >= 0.3 is 0 Å². The van der Waals surface area contributed by atoms with E-state index < -0.39 is 10.0 Å². The Balaban J connectivity index is 2.06. The molecular weight excluding hydrogens is 294 g/mol.